The van der Waals surface area contributed by atoms with Crippen molar-refractivity contribution in [3.63, 3.8) is 0 Å². The monoisotopic (exact) mass is 277 g/mol. The number of anilines is 1. The SMILES string of the molecule is CCOc1ccccc1NC(=O)[C@@H]1[C@H](C(=O)O)C1(C)C. The van der Waals surface area contributed by atoms with E-state index < -0.39 is 23.2 Å². The Hall–Kier alpha value is -2.04. The molecule has 0 heterocycles. The number of carbonyl (C=O) groups is 2. The minimum atomic E-state index is -0.923. The van der Waals surface area contributed by atoms with Crippen molar-refractivity contribution in [3.8, 4) is 5.75 Å². The molecule has 1 aliphatic carbocycles. The van der Waals surface area contributed by atoms with Gasteiger partial charge in [-0.2, -0.15) is 0 Å². The van der Waals surface area contributed by atoms with Crippen LogP contribution in [0.25, 0.3) is 0 Å². The van der Waals surface area contributed by atoms with Gasteiger partial charge in [-0.25, -0.2) is 0 Å². The lowest BCUT2D eigenvalue weighted by atomic mass is 10.1. The number of carboxylic acids is 1. The number of carbonyl (C=O) groups excluding carboxylic acids is 1. The first-order valence-electron chi connectivity index (χ1n) is 6.65. The zero-order valence-corrected chi connectivity index (χ0v) is 11.8. The van der Waals surface area contributed by atoms with Crippen LogP contribution in [0.5, 0.6) is 5.75 Å². The quantitative estimate of drug-likeness (QED) is 0.866. The lowest BCUT2D eigenvalue weighted by molar-refractivity contribution is -0.140. The largest absolute Gasteiger partial charge is 0.492 e. The zero-order valence-electron chi connectivity index (χ0n) is 11.8. The van der Waals surface area contributed by atoms with Crippen LogP contribution in [0.4, 0.5) is 5.69 Å². The average Bonchev–Trinajstić information content (AvgIpc) is 2.95. The second kappa shape index (κ2) is 5.15. The minimum absolute atomic E-state index is 0.269. The zero-order chi connectivity index (χ0) is 14.9. The normalized spacial score (nSPS) is 22.9. The van der Waals surface area contributed by atoms with Gasteiger partial charge in [-0.15, -0.1) is 0 Å². The van der Waals surface area contributed by atoms with Crippen molar-refractivity contribution in [1.29, 1.82) is 0 Å². The van der Waals surface area contributed by atoms with E-state index in [9.17, 15) is 9.59 Å². The molecule has 108 valence electrons. The van der Waals surface area contributed by atoms with Crippen LogP contribution in [-0.4, -0.2) is 23.6 Å². The van der Waals surface area contributed by atoms with Crippen molar-refractivity contribution in [3.05, 3.63) is 24.3 Å². The highest BCUT2D eigenvalue weighted by atomic mass is 16.5. The molecule has 0 radical (unpaired) electrons. The maximum atomic E-state index is 12.2. The number of benzene rings is 1. The molecule has 1 saturated carbocycles. The maximum Gasteiger partial charge on any atom is 0.307 e. The number of nitrogens with one attached hydrogen (secondary N) is 1. The molecule has 1 fully saturated rings. The van der Waals surface area contributed by atoms with Gasteiger partial charge in [0.2, 0.25) is 5.91 Å². The first kappa shape index (κ1) is 14.4. The van der Waals surface area contributed by atoms with Gasteiger partial charge >= 0.3 is 5.97 Å². The van der Waals surface area contributed by atoms with E-state index in [0.29, 0.717) is 18.0 Å². The molecular weight excluding hydrogens is 258 g/mol. The summed E-state index contributed by atoms with van der Waals surface area (Å²) in [7, 11) is 0. The molecule has 5 heteroatoms. The maximum absolute atomic E-state index is 12.2. The smallest absolute Gasteiger partial charge is 0.307 e. The van der Waals surface area contributed by atoms with E-state index in [2.05, 4.69) is 5.32 Å². The van der Waals surface area contributed by atoms with Crippen LogP contribution in [0.1, 0.15) is 20.8 Å². The molecule has 2 N–H and O–H groups in total. The van der Waals surface area contributed by atoms with Gasteiger partial charge in [-0.05, 0) is 24.5 Å². The lowest BCUT2D eigenvalue weighted by Gasteiger charge is -2.11. The molecule has 0 unspecified atom stereocenters. The van der Waals surface area contributed by atoms with E-state index in [1.54, 1.807) is 32.0 Å². The highest BCUT2D eigenvalue weighted by Gasteiger charge is 2.65. The lowest BCUT2D eigenvalue weighted by Crippen LogP contribution is -2.18. The molecule has 1 aromatic rings. The summed E-state index contributed by atoms with van der Waals surface area (Å²) >= 11 is 0. The summed E-state index contributed by atoms with van der Waals surface area (Å²) in [5.41, 5.74) is 0.0717. The summed E-state index contributed by atoms with van der Waals surface area (Å²) < 4.78 is 5.43. The molecule has 0 aromatic heterocycles. The predicted molar refractivity (Wildman–Crippen MR) is 74.6 cm³/mol. The van der Waals surface area contributed by atoms with Crippen LogP contribution >= 0.6 is 0 Å². The summed E-state index contributed by atoms with van der Waals surface area (Å²) in [5, 5.41) is 11.9. The van der Waals surface area contributed by atoms with E-state index >= 15 is 0 Å². The standard InChI is InChI=1S/C15H19NO4/c1-4-20-10-8-6-5-7-9(10)16-13(17)11-12(14(18)19)15(11,2)3/h5-8,11-12H,4H2,1-3H3,(H,16,17)(H,18,19)/t11-,12+/m0/s1. The van der Waals surface area contributed by atoms with Gasteiger partial charge in [0.15, 0.2) is 0 Å². The Balaban J connectivity index is 2.12. The van der Waals surface area contributed by atoms with Gasteiger partial charge in [0.05, 0.1) is 24.1 Å². The first-order chi connectivity index (χ1) is 9.39. The van der Waals surface area contributed by atoms with Crippen LogP contribution in [-0.2, 0) is 9.59 Å². The molecule has 2 rings (SSSR count). The molecule has 0 aliphatic heterocycles. The van der Waals surface area contributed by atoms with Crippen molar-refractivity contribution in [2.24, 2.45) is 17.3 Å². The Kier molecular flexibility index (Phi) is 3.70. The molecular formula is C15H19NO4. The van der Waals surface area contributed by atoms with Crippen LogP contribution in [0.2, 0.25) is 0 Å². The average molecular weight is 277 g/mol. The molecule has 0 bridgehead atoms. The number of para-hydroxylation sites is 2. The van der Waals surface area contributed by atoms with Gasteiger partial charge in [-0.3, -0.25) is 9.59 Å². The number of aliphatic carboxylic acids is 1. The first-order valence-corrected chi connectivity index (χ1v) is 6.65. The predicted octanol–water partition coefficient (Wildman–Crippen LogP) is 2.38. The Labute approximate surface area is 117 Å². The van der Waals surface area contributed by atoms with E-state index in [-0.39, 0.29) is 5.91 Å². The van der Waals surface area contributed by atoms with E-state index in [0.717, 1.165) is 0 Å². The number of carboxylic acid groups (broad SMARTS) is 1. The minimum Gasteiger partial charge on any atom is -0.492 e. The van der Waals surface area contributed by atoms with Gasteiger partial charge in [-0.1, -0.05) is 26.0 Å². The Morgan fingerprint density at radius 3 is 2.50 bits per heavy atom. The second-order valence-electron chi connectivity index (χ2n) is 5.53. The Morgan fingerprint density at radius 2 is 1.95 bits per heavy atom. The molecule has 1 amide bonds. The van der Waals surface area contributed by atoms with Crippen molar-refractivity contribution < 1.29 is 19.4 Å². The van der Waals surface area contributed by atoms with Crippen LogP contribution < -0.4 is 10.1 Å². The van der Waals surface area contributed by atoms with Crippen LogP contribution in [0, 0.1) is 17.3 Å². The summed E-state index contributed by atoms with van der Waals surface area (Å²) in [4.78, 5) is 23.3. The highest BCUT2D eigenvalue weighted by Crippen LogP contribution is 2.58. The summed E-state index contributed by atoms with van der Waals surface area (Å²) in [6.07, 6.45) is 0. The highest BCUT2D eigenvalue weighted by molar-refractivity contribution is 6.00. The number of rotatable bonds is 5. The number of hydrogen-bond acceptors (Lipinski definition) is 3. The molecule has 2 atom stereocenters. The number of hydrogen-bond donors (Lipinski definition) is 2. The van der Waals surface area contributed by atoms with E-state index in [4.69, 9.17) is 9.84 Å². The molecule has 5 nitrogen and oxygen atoms in total. The summed E-state index contributed by atoms with van der Waals surface area (Å²) in [6.45, 7) is 5.96. The number of amides is 1. The fourth-order valence-corrected chi connectivity index (χ4v) is 2.65. The van der Waals surface area contributed by atoms with E-state index in [1.165, 1.54) is 0 Å². The third kappa shape index (κ3) is 2.48. The fraction of sp³-hybridized carbons (Fsp3) is 0.467. The van der Waals surface area contributed by atoms with Crippen molar-refractivity contribution >= 4 is 17.6 Å². The van der Waals surface area contributed by atoms with Crippen molar-refractivity contribution in [2.75, 3.05) is 11.9 Å². The van der Waals surface area contributed by atoms with Gasteiger partial charge in [0, 0.05) is 0 Å². The van der Waals surface area contributed by atoms with Gasteiger partial charge < -0.3 is 15.2 Å². The van der Waals surface area contributed by atoms with Crippen LogP contribution in [0.3, 0.4) is 0 Å². The van der Waals surface area contributed by atoms with E-state index in [1.807, 2.05) is 13.0 Å². The summed E-state index contributed by atoms with van der Waals surface area (Å²) in [6, 6.07) is 7.13. The van der Waals surface area contributed by atoms with Gasteiger partial charge in [0.1, 0.15) is 5.75 Å². The van der Waals surface area contributed by atoms with Gasteiger partial charge in [0.25, 0.3) is 0 Å². The molecule has 1 aliphatic rings. The van der Waals surface area contributed by atoms with Crippen molar-refractivity contribution in [2.45, 2.75) is 20.8 Å². The molecule has 20 heavy (non-hydrogen) atoms. The van der Waals surface area contributed by atoms with Crippen molar-refractivity contribution in [1.82, 2.24) is 0 Å². The molecule has 1 aromatic carbocycles. The Bertz CT molecular complexity index is 538. The fourth-order valence-electron chi connectivity index (χ4n) is 2.65. The topological polar surface area (TPSA) is 75.6 Å². The third-order valence-electron chi connectivity index (χ3n) is 3.82. The second-order valence-corrected chi connectivity index (χ2v) is 5.53. The molecule has 0 saturated heterocycles. The van der Waals surface area contributed by atoms with Crippen LogP contribution in [0.15, 0.2) is 24.3 Å². The summed E-state index contributed by atoms with van der Waals surface area (Å²) in [5.74, 6) is -1.73. The third-order valence-corrected chi connectivity index (χ3v) is 3.82. The molecule has 0 spiro atoms. The number of ether oxygens (including phenoxy) is 1. The Morgan fingerprint density at radius 1 is 1.30 bits per heavy atom.